The zero-order chi connectivity index (χ0) is 20.8. The van der Waals surface area contributed by atoms with E-state index in [0.717, 1.165) is 0 Å². The zero-order valence-corrected chi connectivity index (χ0v) is 16.8. The van der Waals surface area contributed by atoms with Gasteiger partial charge in [0.25, 0.3) is 0 Å². The lowest BCUT2D eigenvalue weighted by molar-refractivity contribution is 0.134. The molecule has 0 unspecified atom stereocenters. The molecule has 9 nitrogen and oxygen atoms in total. The first-order valence-corrected chi connectivity index (χ1v) is 10.6. The van der Waals surface area contributed by atoms with E-state index in [2.05, 4.69) is 0 Å². The predicted molar refractivity (Wildman–Crippen MR) is 104 cm³/mol. The number of ether oxygens (including phenoxy) is 1. The second-order valence-corrected chi connectivity index (χ2v) is 8.94. The van der Waals surface area contributed by atoms with Crippen LogP contribution in [0.4, 0.5) is 0 Å². The number of nitrogens with zero attached hydrogens (tertiary/aromatic N) is 2. The van der Waals surface area contributed by atoms with Crippen LogP contribution in [0.1, 0.15) is 18.6 Å². The number of oxazole rings is 1. The van der Waals surface area contributed by atoms with Gasteiger partial charge < -0.3 is 13.6 Å². The molecular formula is C19H20N2O7S. The van der Waals surface area contributed by atoms with Crippen molar-refractivity contribution in [2.24, 2.45) is 7.05 Å². The second-order valence-electron chi connectivity index (χ2n) is 7.00. The largest absolute Gasteiger partial charge is 0.490 e. The first kappa shape index (κ1) is 19.5. The van der Waals surface area contributed by atoms with Crippen LogP contribution in [-0.2, 0) is 17.1 Å². The van der Waals surface area contributed by atoms with Gasteiger partial charge in [0, 0.05) is 26.2 Å². The molecule has 1 aliphatic heterocycles. The zero-order valence-electron chi connectivity index (χ0n) is 16.0. The van der Waals surface area contributed by atoms with Crippen molar-refractivity contribution in [2.45, 2.75) is 30.8 Å². The second kappa shape index (κ2) is 7.20. The van der Waals surface area contributed by atoms with Gasteiger partial charge in [-0.1, -0.05) is 0 Å². The topological polar surface area (TPSA) is 112 Å². The van der Waals surface area contributed by atoms with Crippen molar-refractivity contribution in [2.75, 3.05) is 13.1 Å². The monoisotopic (exact) mass is 420 g/mol. The van der Waals surface area contributed by atoms with Crippen molar-refractivity contribution in [3.8, 4) is 5.75 Å². The first-order chi connectivity index (χ1) is 13.7. The molecule has 0 atom stereocenters. The van der Waals surface area contributed by atoms with E-state index in [1.807, 2.05) is 0 Å². The Kier molecular flexibility index (Phi) is 4.83. The summed E-state index contributed by atoms with van der Waals surface area (Å²) in [5, 5.41) is 0. The summed E-state index contributed by atoms with van der Waals surface area (Å²) in [6.07, 6.45) is 0.787. The van der Waals surface area contributed by atoms with E-state index in [1.165, 1.54) is 40.2 Å². The highest BCUT2D eigenvalue weighted by atomic mass is 32.2. The average Bonchev–Trinajstić information content (AvgIpc) is 2.95. The normalized spacial score (nSPS) is 16.3. The minimum absolute atomic E-state index is 0.108. The molecular weight excluding hydrogens is 400 g/mol. The molecule has 1 aliphatic rings. The third-order valence-corrected chi connectivity index (χ3v) is 6.87. The smallest absolute Gasteiger partial charge is 0.419 e. The SMILES string of the molecule is Cc1cc(OC2CCN(S(=O)(=O)c3ccc4oc(=O)n(C)c4c3)CC2)cc(=O)o1. The van der Waals surface area contributed by atoms with Gasteiger partial charge in [-0.2, -0.15) is 4.31 Å². The molecule has 1 fully saturated rings. The molecule has 0 saturated carbocycles. The summed E-state index contributed by atoms with van der Waals surface area (Å²) in [5.74, 6) is 0.334. The molecule has 0 bridgehead atoms. The Labute approximate surface area is 166 Å². The molecule has 4 rings (SSSR count). The molecule has 29 heavy (non-hydrogen) atoms. The van der Waals surface area contributed by atoms with Crippen LogP contribution in [-0.4, -0.2) is 36.5 Å². The van der Waals surface area contributed by atoms with Gasteiger partial charge in [-0.15, -0.1) is 0 Å². The third kappa shape index (κ3) is 3.73. The van der Waals surface area contributed by atoms with Crippen molar-refractivity contribution in [3.63, 3.8) is 0 Å². The number of sulfonamides is 1. The fourth-order valence-electron chi connectivity index (χ4n) is 3.44. The molecule has 3 aromatic rings. The van der Waals surface area contributed by atoms with Crippen LogP contribution in [0.15, 0.2) is 53.7 Å². The molecule has 0 radical (unpaired) electrons. The fraction of sp³-hybridized carbons (Fsp3) is 0.368. The Hall–Kier alpha value is -2.85. The number of aromatic nitrogens is 1. The van der Waals surface area contributed by atoms with E-state index in [4.69, 9.17) is 13.6 Å². The van der Waals surface area contributed by atoms with Crippen molar-refractivity contribution >= 4 is 21.1 Å². The van der Waals surface area contributed by atoms with Crippen molar-refractivity contribution in [1.82, 2.24) is 8.87 Å². The van der Waals surface area contributed by atoms with Gasteiger partial charge in [0.15, 0.2) is 5.58 Å². The maximum Gasteiger partial charge on any atom is 0.419 e. The van der Waals surface area contributed by atoms with E-state index in [0.29, 0.717) is 35.5 Å². The van der Waals surface area contributed by atoms with E-state index in [-0.39, 0.29) is 24.1 Å². The summed E-state index contributed by atoms with van der Waals surface area (Å²) < 4.78 is 44.5. The van der Waals surface area contributed by atoms with E-state index >= 15 is 0 Å². The van der Waals surface area contributed by atoms with Gasteiger partial charge >= 0.3 is 11.4 Å². The summed E-state index contributed by atoms with van der Waals surface area (Å²) in [5.41, 5.74) is 0.280. The minimum atomic E-state index is -3.71. The number of piperidine rings is 1. The van der Waals surface area contributed by atoms with E-state index < -0.39 is 21.4 Å². The van der Waals surface area contributed by atoms with Gasteiger partial charge in [0.05, 0.1) is 16.5 Å². The maximum atomic E-state index is 13.0. The third-order valence-electron chi connectivity index (χ3n) is 4.97. The van der Waals surface area contributed by atoms with Gasteiger partial charge in [0.2, 0.25) is 10.0 Å². The van der Waals surface area contributed by atoms with Crippen LogP contribution >= 0.6 is 0 Å². The van der Waals surface area contributed by atoms with E-state index in [9.17, 15) is 18.0 Å². The van der Waals surface area contributed by atoms with Crippen molar-refractivity contribution in [3.05, 3.63) is 57.1 Å². The fourth-order valence-corrected chi connectivity index (χ4v) is 4.93. The standard InChI is InChI=1S/C19H20N2O7S/c1-12-9-14(10-18(22)26-12)27-13-5-7-21(8-6-13)29(24,25)15-3-4-17-16(11-15)20(2)19(23)28-17/h3-4,9-11,13H,5-8H2,1-2H3. The highest BCUT2D eigenvalue weighted by Gasteiger charge is 2.30. The molecule has 0 spiro atoms. The quantitative estimate of drug-likeness (QED) is 0.630. The molecule has 3 heterocycles. The molecule has 0 aliphatic carbocycles. The van der Waals surface area contributed by atoms with Gasteiger partial charge in [-0.25, -0.2) is 18.0 Å². The highest BCUT2D eigenvalue weighted by Crippen LogP contribution is 2.25. The minimum Gasteiger partial charge on any atom is -0.490 e. The number of benzene rings is 1. The number of hydrogen-bond donors (Lipinski definition) is 0. The van der Waals surface area contributed by atoms with Crippen LogP contribution in [0, 0.1) is 6.92 Å². The van der Waals surface area contributed by atoms with Crippen LogP contribution in [0.25, 0.3) is 11.1 Å². The van der Waals surface area contributed by atoms with Crippen LogP contribution in [0.3, 0.4) is 0 Å². The molecule has 0 amide bonds. The average molecular weight is 420 g/mol. The van der Waals surface area contributed by atoms with Gasteiger partial charge in [-0.3, -0.25) is 4.57 Å². The van der Waals surface area contributed by atoms with Crippen molar-refractivity contribution in [1.29, 1.82) is 0 Å². The number of hydrogen-bond acceptors (Lipinski definition) is 7. The summed E-state index contributed by atoms with van der Waals surface area (Å²) in [6.45, 7) is 2.24. The Morgan fingerprint density at radius 3 is 2.48 bits per heavy atom. The predicted octanol–water partition coefficient (Wildman–Crippen LogP) is 1.63. The van der Waals surface area contributed by atoms with Crippen LogP contribution < -0.4 is 16.1 Å². The lowest BCUT2D eigenvalue weighted by Crippen LogP contribution is -2.41. The summed E-state index contributed by atoms with van der Waals surface area (Å²) >= 11 is 0. The first-order valence-electron chi connectivity index (χ1n) is 9.12. The lowest BCUT2D eigenvalue weighted by atomic mass is 10.1. The van der Waals surface area contributed by atoms with Gasteiger partial charge in [-0.05, 0) is 38.0 Å². The number of fused-ring (bicyclic) bond motifs is 1. The van der Waals surface area contributed by atoms with Crippen molar-refractivity contribution < 1.29 is 22.0 Å². The molecule has 2 aromatic heterocycles. The number of rotatable bonds is 4. The van der Waals surface area contributed by atoms with Crippen LogP contribution in [0.2, 0.25) is 0 Å². The Bertz CT molecular complexity index is 1280. The summed E-state index contributed by atoms with van der Waals surface area (Å²) in [4.78, 5) is 23.2. The maximum absolute atomic E-state index is 13.0. The Balaban J connectivity index is 1.49. The van der Waals surface area contributed by atoms with Gasteiger partial charge in [0.1, 0.15) is 17.6 Å². The molecule has 10 heteroatoms. The highest BCUT2D eigenvalue weighted by molar-refractivity contribution is 7.89. The summed E-state index contributed by atoms with van der Waals surface area (Å²) in [7, 11) is -2.19. The molecule has 154 valence electrons. The molecule has 0 N–H and O–H groups in total. The summed E-state index contributed by atoms with van der Waals surface area (Å²) in [6, 6.07) is 7.29. The Morgan fingerprint density at radius 1 is 1.07 bits per heavy atom. The molecule has 1 saturated heterocycles. The van der Waals surface area contributed by atoms with Crippen LogP contribution in [0.5, 0.6) is 5.75 Å². The van der Waals surface area contributed by atoms with E-state index in [1.54, 1.807) is 13.0 Å². The Morgan fingerprint density at radius 2 is 1.79 bits per heavy atom. The lowest BCUT2D eigenvalue weighted by Gasteiger charge is -2.31. The molecule has 1 aromatic carbocycles. The number of aryl methyl sites for hydroxylation is 2.